The van der Waals surface area contributed by atoms with E-state index >= 15 is 0 Å². The molecular formula is C14H19NO2. The largest absolute Gasteiger partial charge is 0.458 e. The van der Waals surface area contributed by atoms with Crippen molar-refractivity contribution in [3.63, 3.8) is 0 Å². The lowest BCUT2D eigenvalue weighted by Crippen LogP contribution is -2.41. The van der Waals surface area contributed by atoms with Gasteiger partial charge in [0.05, 0.1) is 5.56 Å². The molecule has 1 aliphatic rings. The Labute approximate surface area is 102 Å². The third kappa shape index (κ3) is 3.07. The fourth-order valence-electron chi connectivity index (χ4n) is 2.29. The molecule has 3 heteroatoms. The molecule has 1 aromatic carbocycles. The highest BCUT2D eigenvalue weighted by Crippen LogP contribution is 2.20. The number of hydrogen-bond acceptors (Lipinski definition) is 3. The first-order valence-corrected chi connectivity index (χ1v) is 6.11. The van der Waals surface area contributed by atoms with E-state index in [-0.39, 0.29) is 12.1 Å². The maximum atomic E-state index is 11.9. The summed E-state index contributed by atoms with van der Waals surface area (Å²) in [6.45, 7) is 4.13. The number of carbonyl (C=O) groups is 1. The first-order chi connectivity index (χ1) is 8.16. The smallest absolute Gasteiger partial charge is 0.338 e. The molecule has 17 heavy (non-hydrogen) atoms. The van der Waals surface area contributed by atoms with Gasteiger partial charge in [0.25, 0.3) is 0 Å². The number of nitrogens with zero attached hydrogens (tertiary/aromatic N) is 1. The minimum absolute atomic E-state index is 0.0545. The second kappa shape index (κ2) is 5.32. The van der Waals surface area contributed by atoms with E-state index in [9.17, 15) is 4.79 Å². The fourth-order valence-corrected chi connectivity index (χ4v) is 2.29. The number of esters is 1. The highest BCUT2D eigenvalue weighted by atomic mass is 16.5. The van der Waals surface area contributed by atoms with Crippen LogP contribution >= 0.6 is 0 Å². The van der Waals surface area contributed by atoms with Gasteiger partial charge in [0, 0.05) is 19.0 Å². The van der Waals surface area contributed by atoms with Crippen LogP contribution in [0.1, 0.15) is 23.7 Å². The molecule has 0 aromatic heterocycles. The van der Waals surface area contributed by atoms with E-state index in [2.05, 4.69) is 18.9 Å². The highest BCUT2D eigenvalue weighted by Gasteiger charge is 2.27. The van der Waals surface area contributed by atoms with Crippen molar-refractivity contribution in [2.24, 2.45) is 5.92 Å². The molecule has 0 bridgehead atoms. The zero-order valence-electron chi connectivity index (χ0n) is 10.4. The van der Waals surface area contributed by atoms with Crippen LogP contribution in [0, 0.1) is 5.92 Å². The Kier molecular flexibility index (Phi) is 3.79. The van der Waals surface area contributed by atoms with Crippen LogP contribution in [0.5, 0.6) is 0 Å². The number of carbonyl (C=O) groups excluding carboxylic acids is 1. The zero-order valence-corrected chi connectivity index (χ0v) is 10.4. The summed E-state index contributed by atoms with van der Waals surface area (Å²) in [7, 11) is 2.10. The molecule has 2 rings (SSSR count). The van der Waals surface area contributed by atoms with Gasteiger partial charge in [-0.3, -0.25) is 0 Å². The normalized spacial score (nSPS) is 25.5. The molecule has 0 unspecified atom stereocenters. The number of hydrogen-bond donors (Lipinski definition) is 0. The van der Waals surface area contributed by atoms with Crippen molar-refractivity contribution < 1.29 is 9.53 Å². The number of rotatable bonds is 2. The van der Waals surface area contributed by atoms with E-state index in [1.165, 1.54) is 0 Å². The third-order valence-electron chi connectivity index (χ3n) is 3.30. The van der Waals surface area contributed by atoms with Crippen LogP contribution in [0.4, 0.5) is 0 Å². The van der Waals surface area contributed by atoms with E-state index in [0.29, 0.717) is 11.5 Å². The molecule has 1 aromatic rings. The minimum Gasteiger partial charge on any atom is -0.458 e. The van der Waals surface area contributed by atoms with E-state index in [1.807, 2.05) is 18.2 Å². The quantitative estimate of drug-likeness (QED) is 0.733. The molecule has 0 amide bonds. The zero-order chi connectivity index (χ0) is 12.3. The van der Waals surface area contributed by atoms with Gasteiger partial charge in [-0.1, -0.05) is 25.1 Å². The van der Waals surface area contributed by atoms with Crippen molar-refractivity contribution in [3.05, 3.63) is 35.9 Å². The predicted octanol–water partition coefficient (Wildman–Crippen LogP) is 2.18. The SMILES string of the molecule is C[C@@H]1CN(C)CC[C@@H]1OC(=O)c1ccccc1. The summed E-state index contributed by atoms with van der Waals surface area (Å²) < 4.78 is 5.57. The number of likely N-dealkylation sites (tertiary alicyclic amines) is 1. The first kappa shape index (κ1) is 12.1. The maximum Gasteiger partial charge on any atom is 0.338 e. The average molecular weight is 233 g/mol. The molecule has 0 spiro atoms. The summed E-state index contributed by atoms with van der Waals surface area (Å²) in [6.07, 6.45) is 0.981. The number of piperidine rings is 1. The molecule has 92 valence electrons. The molecule has 1 aliphatic heterocycles. The molecule has 1 fully saturated rings. The minimum atomic E-state index is -0.202. The van der Waals surface area contributed by atoms with Crippen molar-refractivity contribution in [1.82, 2.24) is 4.90 Å². The lowest BCUT2D eigenvalue weighted by Gasteiger charge is -2.34. The summed E-state index contributed by atoms with van der Waals surface area (Å²) >= 11 is 0. The van der Waals surface area contributed by atoms with Gasteiger partial charge in [-0.25, -0.2) is 4.79 Å². The second-order valence-corrected chi connectivity index (χ2v) is 4.84. The summed E-state index contributed by atoms with van der Waals surface area (Å²) in [5, 5.41) is 0. The summed E-state index contributed by atoms with van der Waals surface area (Å²) in [4.78, 5) is 14.2. The number of benzene rings is 1. The molecule has 0 radical (unpaired) electrons. The van der Waals surface area contributed by atoms with Crippen LogP contribution in [-0.2, 0) is 4.74 Å². The van der Waals surface area contributed by atoms with E-state index in [1.54, 1.807) is 12.1 Å². The first-order valence-electron chi connectivity index (χ1n) is 6.11. The van der Waals surface area contributed by atoms with Crippen LogP contribution in [0.25, 0.3) is 0 Å². The van der Waals surface area contributed by atoms with Gasteiger partial charge in [0.1, 0.15) is 6.10 Å². The Morgan fingerprint density at radius 2 is 2.06 bits per heavy atom. The molecule has 1 saturated heterocycles. The van der Waals surface area contributed by atoms with Crippen LogP contribution in [0.2, 0.25) is 0 Å². The van der Waals surface area contributed by atoms with Crippen LogP contribution in [-0.4, -0.2) is 37.1 Å². The average Bonchev–Trinajstić information content (AvgIpc) is 2.34. The standard InChI is InChI=1S/C14H19NO2/c1-11-10-15(2)9-8-13(11)17-14(16)12-6-4-3-5-7-12/h3-7,11,13H,8-10H2,1-2H3/t11-,13+/m1/s1. The highest BCUT2D eigenvalue weighted by molar-refractivity contribution is 5.89. The second-order valence-electron chi connectivity index (χ2n) is 4.84. The van der Waals surface area contributed by atoms with Crippen molar-refractivity contribution in [3.8, 4) is 0 Å². The van der Waals surface area contributed by atoms with Gasteiger partial charge < -0.3 is 9.64 Å². The molecule has 2 atom stereocenters. The van der Waals surface area contributed by atoms with Gasteiger partial charge in [-0.2, -0.15) is 0 Å². The predicted molar refractivity (Wildman–Crippen MR) is 66.9 cm³/mol. The third-order valence-corrected chi connectivity index (χ3v) is 3.30. The Balaban J connectivity index is 1.95. The lowest BCUT2D eigenvalue weighted by atomic mass is 9.97. The van der Waals surface area contributed by atoms with E-state index < -0.39 is 0 Å². The fraction of sp³-hybridized carbons (Fsp3) is 0.500. The molecule has 0 N–H and O–H groups in total. The van der Waals surface area contributed by atoms with Gasteiger partial charge >= 0.3 is 5.97 Å². The molecule has 1 heterocycles. The topological polar surface area (TPSA) is 29.5 Å². The van der Waals surface area contributed by atoms with Crippen molar-refractivity contribution >= 4 is 5.97 Å². The summed E-state index contributed by atoms with van der Waals surface area (Å²) in [5.41, 5.74) is 0.638. The van der Waals surface area contributed by atoms with Crippen molar-refractivity contribution in [2.75, 3.05) is 20.1 Å². The van der Waals surface area contributed by atoms with Crippen LogP contribution < -0.4 is 0 Å². The Bertz CT molecular complexity index is 377. The lowest BCUT2D eigenvalue weighted by molar-refractivity contribution is -0.00663. The Hall–Kier alpha value is -1.35. The van der Waals surface area contributed by atoms with Gasteiger partial charge in [-0.05, 0) is 25.6 Å². The molecular weight excluding hydrogens is 214 g/mol. The molecule has 0 saturated carbocycles. The van der Waals surface area contributed by atoms with Crippen molar-refractivity contribution in [1.29, 1.82) is 0 Å². The summed E-state index contributed by atoms with van der Waals surface area (Å²) in [5.74, 6) is 0.202. The molecule has 0 aliphatic carbocycles. The Morgan fingerprint density at radius 3 is 2.71 bits per heavy atom. The Morgan fingerprint density at radius 1 is 1.35 bits per heavy atom. The van der Waals surface area contributed by atoms with E-state index in [0.717, 1.165) is 19.5 Å². The maximum absolute atomic E-state index is 11.9. The summed E-state index contributed by atoms with van der Waals surface area (Å²) in [6, 6.07) is 9.20. The van der Waals surface area contributed by atoms with Gasteiger partial charge in [0.2, 0.25) is 0 Å². The van der Waals surface area contributed by atoms with Crippen LogP contribution in [0.15, 0.2) is 30.3 Å². The van der Waals surface area contributed by atoms with E-state index in [4.69, 9.17) is 4.74 Å². The monoisotopic (exact) mass is 233 g/mol. The van der Waals surface area contributed by atoms with Gasteiger partial charge in [0.15, 0.2) is 0 Å². The molecule has 3 nitrogen and oxygen atoms in total. The van der Waals surface area contributed by atoms with Gasteiger partial charge in [-0.15, -0.1) is 0 Å². The van der Waals surface area contributed by atoms with Crippen molar-refractivity contribution in [2.45, 2.75) is 19.4 Å². The van der Waals surface area contributed by atoms with Crippen LogP contribution in [0.3, 0.4) is 0 Å². The number of ether oxygens (including phenoxy) is 1.